The molecule has 78 valence electrons. The van der Waals surface area contributed by atoms with Crippen LogP contribution in [-0.4, -0.2) is 15.1 Å². The molecule has 0 amide bonds. The van der Waals surface area contributed by atoms with Gasteiger partial charge in [0.15, 0.2) is 0 Å². The maximum atomic E-state index is 10.2. The molecule has 0 saturated heterocycles. The Morgan fingerprint density at radius 2 is 2.20 bits per heavy atom. The first-order valence-corrected chi connectivity index (χ1v) is 5.56. The van der Waals surface area contributed by atoms with E-state index in [1.807, 2.05) is 19.9 Å². The number of nitrogens with zero attached hydrogens (tertiary/aromatic N) is 2. The number of aromatic nitrogens is 2. The van der Waals surface area contributed by atoms with Crippen molar-refractivity contribution < 1.29 is 5.11 Å². The zero-order valence-corrected chi connectivity index (χ0v) is 9.45. The van der Waals surface area contributed by atoms with E-state index in [1.165, 1.54) is 11.3 Å². The van der Waals surface area contributed by atoms with E-state index in [9.17, 15) is 5.11 Å². The van der Waals surface area contributed by atoms with Crippen LogP contribution in [-0.2, 0) is 0 Å². The van der Waals surface area contributed by atoms with Gasteiger partial charge in [-0.25, -0.2) is 4.98 Å². The smallest absolute Gasteiger partial charge is 0.117 e. The summed E-state index contributed by atoms with van der Waals surface area (Å²) in [6.07, 6.45) is 2.83. The lowest BCUT2D eigenvalue weighted by Crippen LogP contribution is -2.02. The average Bonchev–Trinajstić information content (AvgIpc) is 2.64. The molecule has 1 atom stereocenters. The van der Waals surface area contributed by atoms with Crippen LogP contribution >= 0.6 is 11.3 Å². The van der Waals surface area contributed by atoms with E-state index in [1.54, 1.807) is 17.9 Å². The SMILES string of the molecule is Cc1ccncc1C(O)c1scnc1C. The van der Waals surface area contributed by atoms with Gasteiger partial charge in [-0.15, -0.1) is 11.3 Å². The molecule has 0 aliphatic carbocycles. The second-order valence-corrected chi connectivity index (χ2v) is 4.32. The van der Waals surface area contributed by atoms with Crippen molar-refractivity contribution in [2.75, 3.05) is 0 Å². The molecular weight excluding hydrogens is 208 g/mol. The Bertz CT molecular complexity index is 467. The fraction of sp³-hybridized carbons (Fsp3) is 0.273. The third kappa shape index (κ3) is 1.91. The highest BCUT2D eigenvalue weighted by atomic mass is 32.1. The van der Waals surface area contributed by atoms with Crippen molar-refractivity contribution in [1.82, 2.24) is 9.97 Å². The van der Waals surface area contributed by atoms with Gasteiger partial charge in [-0.2, -0.15) is 0 Å². The van der Waals surface area contributed by atoms with Gasteiger partial charge in [0.25, 0.3) is 0 Å². The monoisotopic (exact) mass is 220 g/mol. The van der Waals surface area contributed by atoms with E-state index in [-0.39, 0.29) is 0 Å². The van der Waals surface area contributed by atoms with Crippen LogP contribution in [0.15, 0.2) is 24.0 Å². The maximum Gasteiger partial charge on any atom is 0.117 e. The number of rotatable bonds is 2. The minimum absolute atomic E-state index is 0.605. The molecule has 0 radical (unpaired) electrons. The largest absolute Gasteiger partial charge is 0.383 e. The molecule has 4 heteroatoms. The van der Waals surface area contributed by atoms with Gasteiger partial charge in [-0.3, -0.25) is 4.98 Å². The highest BCUT2D eigenvalue weighted by Crippen LogP contribution is 2.28. The van der Waals surface area contributed by atoms with Crippen LogP contribution in [0.5, 0.6) is 0 Å². The molecule has 0 saturated carbocycles. The van der Waals surface area contributed by atoms with Crippen molar-refractivity contribution in [1.29, 1.82) is 0 Å². The number of aliphatic hydroxyl groups excluding tert-OH is 1. The summed E-state index contributed by atoms with van der Waals surface area (Å²) in [5.41, 5.74) is 4.53. The van der Waals surface area contributed by atoms with Gasteiger partial charge >= 0.3 is 0 Å². The summed E-state index contributed by atoms with van der Waals surface area (Å²) in [5, 5.41) is 10.2. The number of aryl methyl sites for hydroxylation is 2. The first-order valence-electron chi connectivity index (χ1n) is 4.68. The standard InChI is InChI=1S/C11H12N2OS/c1-7-3-4-12-5-9(7)10(14)11-8(2)13-6-15-11/h3-6,10,14H,1-2H3. The molecule has 1 N–H and O–H groups in total. The van der Waals surface area contributed by atoms with Gasteiger partial charge in [0, 0.05) is 18.0 Å². The molecule has 2 heterocycles. The number of pyridine rings is 1. The minimum Gasteiger partial charge on any atom is -0.383 e. The number of hydrogen-bond donors (Lipinski definition) is 1. The Hall–Kier alpha value is -1.26. The first-order chi connectivity index (χ1) is 7.20. The number of aliphatic hydroxyl groups is 1. The summed E-state index contributed by atoms with van der Waals surface area (Å²) < 4.78 is 0. The molecule has 1 unspecified atom stereocenters. The molecule has 3 nitrogen and oxygen atoms in total. The molecule has 0 aromatic carbocycles. The molecule has 0 aliphatic rings. The van der Waals surface area contributed by atoms with Gasteiger partial charge in [-0.05, 0) is 25.5 Å². The summed E-state index contributed by atoms with van der Waals surface area (Å²) in [6, 6.07) is 1.90. The molecule has 0 fully saturated rings. The maximum absolute atomic E-state index is 10.2. The lowest BCUT2D eigenvalue weighted by Gasteiger charge is -2.11. The van der Waals surface area contributed by atoms with Crippen LogP contribution in [0, 0.1) is 13.8 Å². The Balaban J connectivity index is 2.41. The van der Waals surface area contributed by atoms with Crippen LogP contribution in [0.25, 0.3) is 0 Å². The fourth-order valence-electron chi connectivity index (χ4n) is 1.48. The lowest BCUT2D eigenvalue weighted by molar-refractivity contribution is 0.222. The Morgan fingerprint density at radius 3 is 2.80 bits per heavy atom. The summed E-state index contributed by atoms with van der Waals surface area (Å²) in [6.45, 7) is 3.87. The van der Waals surface area contributed by atoms with Gasteiger partial charge in [0.2, 0.25) is 0 Å². The van der Waals surface area contributed by atoms with Gasteiger partial charge in [-0.1, -0.05) is 0 Å². The van der Waals surface area contributed by atoms with Crippen molar-refractivity contribution in [2.45, 2.75) is 20.0 Å². The molecule has 15 heavy (non-hydrogen) atoms. The molecule has 2 aromatic rings. The Labute approximate surface area is 92.5 Å². The van der Waals surface area contributed by atoms with E-state index < -0.39 is 6.10 Å². The van der Waals surface area contributed by atoms with Crippen molar-refractivity contribution in [3.8, 4) is 0 Å². The first kappa shape index (κ1) is 10.3. The molecule has 0 aliphatic heterocycles. The van der Waals surface area contributed by atoms with E-state index >= 15 is 0 Å². The topological polar surface area (TPSA) is 46.0 Å². The zero-order chi connectivity index (χ0) is 10.8. The highest BCUT2D eigenvalue weighted by Gasteiger charge is 2.16. The van der Waals surface area contributed by atoms with Crippen molar-refractivity contribution >= 4 is 11.3 Å². The zero-order valence-electron chi connectivity index (χ0n) is 8.64. The summed E-state index contributed by atoms with van der Waals surface area (Å²) in [4.78, 5) is 9.06. The lowest BCUT2D eigenvalue weighted by atomic mass is 10.0. The fourth-order valence-corrected chi connectivity index (χ4v) is 2.28. The van der Waals surface area contributed by atoms with E-state index in [4.69, 9.17) is 0 Å². The quantitative estimate of drug-likeness (QED) is 0.844. The van der Waals surface area contributed by atoms with Gasteiger partial charge in [0.1, 0.15) is 6.10 Å². The molecule has 0 bridgehead atoms. The third-order valence-corrected chi connectivity index (χ3v) is 3.39. The third-order valence-electron chi connectivity index (χ3n) is 2.41. The second-order valence-electron chi connectivity index (χ2n) is 3.44. The second kappa shape index (κ2) is 4.08. The summed E-state index contributed by atoms with van der Waals surface area (Å²) >= 11 is 1.47. The van der Waals surface area contributed by atoms with E-state index in [0.717, 1.165) is 21.7 Å². The van der Waals surface area contributed by atoms with Crippen LogP contribution in [0.4, 0.5) is 0 Å². The normalized spacial score (nSPS) is 12.7. The predicted molar refractivity (Wildman–Crippen MR) is 59.9 cm³/mol. The van der Waals surface area contributed by atoms with Crippen LogP contribution in [0.1, 0.15) is 27.8 Å². The van der Waals surface area contributed by atoms with Crippen LogP contribution in [0.2, 0.25) is 0 Å². The molecule has 2 aromatic heterocycles. The Kier molecular flexibility index (Phi) is 2.79. The number of hydrogen-bond acceptors (Lipinski definition) is 4. The van der Waals surface area contributed by atoms with E-state index in [0.29, 0.717) is 0 Å². The molecule has 0 spiro atoms. The summed E-state index contributed by atoms with van der Waals surface area (Å²) in [5.74, 6) is 0. The molecule has 2 rings (SSSR count). The summed E-state index contributed by atoms with van der Waals surface area (Å²) in [7, 11) is 0. The Morgan fingerprint density at radius 1 is 1.40 bits per heavy atom. The van der Waals surface area contributed by atoms with Crippen molar-refractivity contribution in [3.63, 3.8) is 0 Å². The average molecular weight is 220 g/mol. The van der Waals surface area contributed by atoms with Crippen molar-refractivity contribution in [3.05, 3.63) is 45.7 Å². The van der Waals surface area contributed by atoms with Crippen LogP contribution < -0.4 is 0 Å². The van der Waals surface area contributed by atoms with Crippen molar-refractivity contribution in [2.24, 2.45) is 0 Å². The number of thiazole rings is 1. The van der Waals surface area contributed by atoms with Gasteiger partial charge < -0.3 is 5.11 Å². The van der Waals surface area contributed by atoms with Gasteiger partial charge in [0.05, 0.1) is 16.1 Å². The van der Waals surface area contributed by atoms with E-state index in [2.05, 4.69) is 9.97 Å². The predicted octanol–water partition coefficient (Wildman–Crippen LogP) is 2.24. The minimum atomic E-state index is -0.605. The van der Waals surface area contributed by atoms with Crippen LogP contribution in [0.3, 0.4) is 0 Å². The molecular formula is C11H12N2OS. The highest BCUT2D eigenvalue weighted by molar-refractivity contribution is 7.09.